The van der Waals surface area contributed by atoms with Gasteiger partial charge in [0.25, 0.3) is 0 Å². The molecule has 0 spiro atoms. The highest BCUT2D eigenvalue weighted by atomic mass is 35.5. The van der Waals surface area contributed by atoms with Crippen molar-refractivity contribution in [3.63, 3.8) is 0 Å². The molecule has 118 valence electrons. The summed E-state index contributed by atoms with van der Waals surface area (Å²) in [6.07, 6.45) is 1.41. The zero-order chi connectivity index (χ0) is 16.6. The minimum atomic E-state index is -0.585. The number of aliphatic hydroxyl groups excluding tert-OH is 1. The quantitative estimate of drug-likeness (QED) is 0.550. The summed E-state index contributed by atoms with van der Waals surface area (Å²) in [7, 11) is 0. The van der Waals surface area contributed by atoms with E-state index in [1.807, 2.05) is 12.1 Å². The van der Waals surface area contributed by atoms with Crippen molar-refractivity contribution in [2.75, 3.05) is 0 Å². The number of rotatable bonds is 4. The molecule has 0 bridgehead atoms. The number of halogens is 2. The summed E-state index contributed by atoms with van der Waals surface area (Å²) in [5.41, 5.74) is 0.361. The number of imidazole rings is 1. The van der Waals surface area contributed by atoms with Crippen LogP contribution in [-0.2, 0) is 6.61 Å². The number of aromatic nitrogens is 2. The first-order valence-electron chi connectivity index (χ1n) is 6.38. The average molecular weight is 370 g/mol. The van der Waals surface area contributed by atoms with E-state index in [0.29, 0.717) is 20.6 Å². The van der Waals surface area contributed by atoms with E-state index in [2.05, 4.69) is 4.98 Å². The van der Waals surface area contributed by atoms with Crippen LogP contribution in [-0.4, -0.2) is 19.4 Å². The Kier molecular flexibility index (Phi) is 4.45. The largest absolute Gasteiger partial charge is 0.390 e. The van der Waals surface area contributed by atoms with Gasteiger partial charge in [0.2, 0.25) is 5.65 Å². The van der Waals surface area contributed by atoms with Gasteiger partial charge in [0, 0.05) is 9.92 Å². The number of benzene rings is 1. The van der Waals surface area contributed by atoms with Crippen molar-refractivity contribution in [2.45, 2.75) is 16.4 Å². The lowest BCUT2D eigenvalue weighted by Gasteiger charge is -2.03. The van der Waals surface area contributed by atoms with Crippen LogP contribution in [0.25, 0.3) is 5.65 Å². The number of hydrogen-bond donors (Lipinski definition) is 1. The van der Waals surface area contributed by atoms with Crippen molar-refractivity contribution in [3.05, 3.63) is 62.4 Å². The third-order valence-electron chi connectivity index (χ3n) is 3.06. The number of fused-ring (bicyclic) bond motifs is 1. The summed E-state index contributed by atoms with van der Waals surface area (Å²) in [5, 5.41) is 21.5. The number of pyridine rings is 1. The predicted molar refractivity (Wildman–Crippen MR) is 88.4 cm³/mol. The van der Waals surface area contributed by atoms with Gasteiger partial charge in [-0.3, -0.25) is 0 Å². The van der Waals surface area contributed by atoms with Crippen LogP contribution < -0.4 is 0 Å². The fourth-order valence-electron chi connectivity index (χ4n) is 2.12. The zero-order valence-corrected chi connectivity index (χ0v) is 13.8. The maximum Gasteiger partial charge on any atom is 0.353 e. The molecule has 2 aromatic heterocycles. The molecule has 9 heteroatoms. The molecule has 2 heterocycles. The molecular weight excluding hydrogens is 361 g/mol. The molecule has 0 aliphatic heterocycles. The normalized spacial score (nSPS) is 11.1. The highest BCUT2D eigenvalue weighted by Crippen LogP contribution is 2.35. The predicted octanol–water partition coefficient (Wildman–Crippen LogP) is 4.19. The van der Waals surface area contributed by atoms with E-state index < -0.39 is 11.5 Å². The van der Waals surface area contributed by atoms with Crippen LogP contribution in [0.5, 0.6) is 0 Å². The molecule has 0 aliphatic rings. The highest BCUT2D eigenvalue weighted by molar-refractivity contribution is 7.99. The molecule has 0 atom stereocenters. The van der Waals surface area contributed by atoms with Crippen LogP contribution in [0.4, 0.5) is 5.82 Å². The Hall–Kier alpha value is -1.80. The standard InChI is InChI=1S/C14H9Cl2N3O3S/c15-8-1-3-10(4-2-8)23-12-5-9(16)6-18-13(12)17-11(7-20)14(18)19(21)22/h1-6,20H,7H2. The summed E-state index contributed by atoms with van der Waals surface area (Å²) < 4.78 is 1.28. The van der Waals surface area contributed by atoms with E-state index in [1.165, 1.54) is 22.4 Å². The third-order valence-corrected chi connectivity index (χ3v) is 4.55. The molecule has 0 aliphatic carbocycles. The van der Waals surface area contributed by atoms with Crippen LogP contribution in [0.3, 0.4) is 0 Å². The number of nitro groups is 1. The van der Waals surface area contributed by atoms with E-state index in [1.54, 1.807) is 18.2 Å². The topological polar surface area (TPSA) is 80.7 Å². The molecule has 6 nitrogen and oxygen atoms in total. The molecule has 0 fully saturated rings. The lowest BCUT2D eigenvalue weighted by Crippen LogP contribution is -1.97. The molecule has 0 unspecified atom stereocenters. The van der Waals surface area contributed by atoms with E-state index in [-0.39, 0.29) is 11.5 Å². The van der Waals surface area contributed by atoms with E-state index in [4.69, 9.17) is 23.2 Å². The van der Waals surface area contributed by atoms with Crippen molar-refractivity contribution in [2.24, 2.45) is 0 Å². The van der Waals surface area contributed by atoms with Gasteiger partial charge in [-0.2, -0.15) is 4.40 Å². The second-order valence-corrected chi connectivity index (χ2v) is 6.56. The third kappa shape index (κ3) is 3.13. The van der Waals surface area contributed by atoms with Gasteiger partial charge < -0.3 is 15.2 Å². The lowest BCUT2D eigenvalue weighted by molar-refractivity contribution is -0.391. The molecule has 23 heavy (non-hydrogen) atoms. The van der Waals surface area contributed by atoms with Crippen LogP contribution in [0.15, 0.2) is 46.3 Å². The lowest BCUT2D eigenvalue weighted by atomic mass is 10.4. The van der Waals surface area contributed by atoms with Crippen LogP contribution in [0.1, 0.15) is 5.69 Å². The molecule has 0 saturated carbocycles. The Morgan fingerprint density at radius 3 is 2.57 bits per heavy atom. The molecule has 3 aromatic rings. The smallest absolute Gasteiger partial charge is 0.353 e. The Morgan fingerprint density at radius 2 is 1.96 bits per heavy atom. The van der Waals surface area contributed by atoms with Crippen molar-refractivity contribution >= 4 is 46.4 Å². The maximum absolute atomic E-state index is 11.2. The first kappa shape index (κ1) is 16.1. The molecular formula is C14H9Cl2N3O3S. The Bertz CT molecular complexity index is 896. The number of aliphatic hydroxyl groups is 1. The second kappa shape index (κ2) is 6.37. The van der Waals surface area contributed by atoms with Crippen LogP contribution >= 0.6 is 35.0 Å². The van der Waals surface area contributed by atoms with Crippen molar-refractivity contribution in [3.8, 4) is 0 Å². The molecule has 1 N–H and O–H groups in total. The Morgan fingerprint density at radius 1 is 1.26 bits per heavy atom. The van der Waals surface area contributed by atoms with Crippen molar-refractivity contribution < 1.29 is 10.0 Å². The first-order chi connectivity index (χ1) is 11.0. The SMILES string of the molecule is O=[N+]([O-])c1c(CO)nc2c(Sc3ccc(Cl)cc3)cc(Cl)cn12. The summed E-state index contributed by atoms with van der Waals surface area (Å²) in [6, 6.07) is 8.83. The number of nitrogens with zero attached hydrogens (tertiary/aromatic N) is 3. The first-order valence-corrected chi connectivity index (χ1v) is 7.96. The van der Waals surface area contributed by atoms with Gasteiger partial charge in [0.1, 0.15) is 6.20 Å². The zero-order valence-electron chi connectivity index (χ0n) is 11.4. The van der Waals surface area contributed by atoms with Crippen LogP contribution in [0.2, 0.25) is 10.0 Å². The van der Waals surface area contributed by atoms with Gasteiger partial charge in [0.05, 0.1) is 16.5 Å². The van der Waals surface area contributed by atoms with Crippen LogP contribution in [0, 0.1) is 10.1 Å². The van der Waals surface area contributed by atoms with Gasteiger partial charge >= 0.3 is 5.82 Å². The van der Waals surface area contributed by atoms with Crippen molar-refractivity contribution in [1.82, 2.24) is 9.38 Å². The number of hydrogen-bond acceptors (Lipinski definition) is 5. The Labute approximate surface area is 144 Å². The second-order valence-electron chi connectivity index (χ2n) is 4.57. The van der Waals surface area contributed by atoms with E-state index in [0.717, 1.165) is 4.90 Å². The molecule has 1 aromatic carbocycles. The minimum absolute atomic E-state index is 0.00442. The average Bonchev–Trinajstić information content (AvgIpc) is 2.88. The summed E-state index contributed by atoms with van der Waals surface area (Å²) in [5.74, 6) is -0.289. The van der Waals surface area contributed by atoms with Crippen molar-refractivity contribution in [1.29, 1.82) is 0 Å². The van der Waals surface area contributed by atoms with E-state index >= 15 is 0 Å². The highest BCUT2D eigenvalue weighted by Gasteiger charge is 2.25. The minimum Gasteiger partial charge on any atom is -0.390 e. The van der Waals surface area contributed by atoms with Gasteiger partial charge in [0.15, 0.2) is 5.69 Å². The molecule has 0 saturated heterocycles. The van der Waals surface area contributed by atoms with Gasteiger partial charge in [-0.1, -0.05) is 35.0 Å². The molecule has 0 amide bonds. The van der Waals surface area contributed by atoms with Gasteiger partial charge in [-0.25, -0.2) is 4.98 Å². The summed E-state index contributed by atoms with van der Waals surface area (Å²) in [4.78, 5) is 16.4. The molecule has 3 rings (SSSR count). The van der Waals surface area contributed by atoms with E-state index in [9.17, 15) is 15.2 Å². The Balaban J connectivity index is 2.16. The molecule has 0 radical (unpaired) electrons. The fraction of sp³-hybridized carbons (Fsp3) is 0.0714. The van der Waals surface area contributed by atoms with Gasteiger partial charge in [-0.15, -0.1) is 0 Å². The summed E-state index contributed by atoms with van der Waals surface area (Å²) >= 11 is 13.3. The monoisotopic (exact) mass is 369 g/mol. The summed E-state index contributed by atoms with van der Waals surface area (Å²) in [6.45, 7) is -0.527. The maximum atomic E-state index is 11.2. The van der Waals surface area contributed by atoms with Gasteiger partial charge in [-0.05, 0) is 35.3 Å². The fourth-order valence-corrected chi connectivity index (χ4v) is 3.47.